The molecule has 0 aliphatic heterocycles. The third kappa shape index (κ3) is 3.70. The number of anilines is 2. The molecule has 1 aliphatic carbocycles. The minimum absolute atomic E-state index is 0.975. The van der Waals surface area contributed by atoms with E-state index in [2.05, 4.69) is 96.0 Å². The topological polar surface area (TPSA) is 3.24 Å². The largest absolute Gasteiger partial charge is 0.311 e. The van der Waals surface area contributed by atoms with Gasteiger partial charge in [0.05, 0.1) is 0 Å². The van der Waals surface area contributed by atoms with Gasteiger partial charge in [0.2, 0.25) is 0 Å². The molecule has 0 bridgehead atoms. The smallest absolute Gasteiger partial charge is 0.0462 e. The van der Waals surface area contributed by atoms with E-state index in [1.807, 2.05) is 13.0 Å². The molecule has 0 amide bonds. The minimum atomic E-state index is 0.975. The lowest BCUT2D eigenvalue weighted by molar-refractivity contribution is 1.21. The Morgan fingerprint density at radius 3 is 2.35 bits per heavy atom. The summed E-state index contributed by atoms with van der Waals surface area (Å²) in [6.07, 6.45) is 16.0. The van der Waals surface area contributed by atoms with E-state index in [1.54, 1.807) is 0 Å². The van der Waals surface area contributed by atoms with Gasteiger partial charge in [-0.05, 0) is 55.3 Å². The van der Waals surface area contributed by atoms with Gasteiger partial charge in [0.25, 0.3) is 0 Å². The van der Waals surface area contributed by atoms with Crippen molar-refractivity contribution in [2.45, 2.75) is 13.3 Å². The summed E-state index contributed by atoms with van der Waals surface area (Å²) >= 11 is 0. The Kier molecular flexibility index (Phi) is 4.90. The van der Waals surface area contributed by atoms with Crippen molar-refractivity contribution in [3.63, 3.8) is 0 Å². The number of rotatable bonds is 4. The Morgan fingerprint density at radius 2 is 1.61 bits per heavy atom. The van der Waals surface area contributed by atoms with Gasteiger partial charge >= 0.3 is 0 Å². The number of allylic oxidation sites excluding steroid dienone is 6. The zero-order chi connectivity index (χ0) is 15.9. The molecule has 0 radical (unpaired) electrons. The monoisotopic (exact) mass is 299 g/mol. The molecule has 2 aromatic rings. The summed E-state index contributed by atoms with van der Waals surface area (Å²) in [4.78, 5) is 2.28. The van der Waals surface area contributed by atoms with Gasteiger partial charge in [-0.2, -0.15) is 0 Å². The van der Waals surface area contributed by atoms with E-state index in [-0.39, 0.29) is 0 Å². The molecule has 1 aliphatic rings. The molecule has 0 fully saturated rings. The van der Waals surface area contributed by atoms with Crippen molar-refractivity contribution in [1.82, 2.24) is 0 Å². The highest BCUT2D eigenvalue weighted by Crippen LogP contribution is 2.31. The molecular weight excluding hydrogens is 278 g/mol. The van der Waals surface area contributed by atoms with Gasteiger partial charge in [-0.1, -0.05) is 60.7 Å². The van der Waals surface area contributed by atoms with Crippen molar-refractivity contribution in [1.29, 1.82) is 0 Å². The SMILES string of the molecule is C/C=C/c1ccc(N(C2=CC=CCC=C2)c2ccccc2)cc1. The van der Waals surface area contributed by atoms with Crippen LogP contribution in [0, 0.1) is 0 Å². The molecule has 0 aromatic heterocycles. The van der Waals surface area contributed by atoms with Crippen LogP contribution in [0.1, 0.15) is 18.9 Å². The van der Waals surface area contributed by atoms with Crippen molar-refractivity contribution in [3.05, 3.63) is 102 Å². The molecule has 23 heavy (non-hydrogen) atoms. The van der Waals surface area contributed by atoms with Crippen LogP contribution in [0.4, 0.5) is 11.4 Å². The van der Waals surface area contributed by atoms with E-state index in [4.69, 9.17) is 0 Å². The Balaban J connectivity index is 2.05. The molecule has 3 rings (SSSR count). The van der Waals surface area contributed by atoms with Crippen LogP contribution < -0.4 is 4.90 Å². The van der Waals surface area contributed by atoms with Crippen LogP contribution in [-0.2, 0) is 0 Å². The maximum Gasteiger partial charge on any atom is 0.0462 e. The van der Waals surface area contributed by atoms with Gasteiger partial charge in [0.15, 0.2) is 0 Å². The summed E-state index contributed by atoms with van der Waals surface area (Å²) in [6.45, 7) is 2.04. The van der Waals surface area contributed by atoms with Gasteiger partial charge in [-0.15, -0.1) is 0 Å². The number of para-hydroxylation sites is 1. The lowest BCUT2D eigenvalue weighted by Crippen LogP contribution is -2.14. The normalized spacial score (nSPS) is 13.9. The predicted octanol–water partition coefficient (Wildman–Crippen LogP) is 6.26. The molecule has 0 atom stereocenters. The molecule has 1 heteroatoms. The van der Waals surface area contributed by atoms with E-state index in [0.717, 1.165) is 17.8 Å². The molecule has 2 aromatic carbocycles. The predicted molar refractivity (Wildman–Crippen MR) is 101 cm³/mol. The zero-order valence-corrected chi connectivity index (χ0v) is 13.4. The summed E-state index contributed by atoms with van der Waals surface area (Å²) in [6, 6.07) is 19.1. The Labute approximate surface area is 138 Å². The van der Waals surface area contributed by atoms with E-state index in [0.29, 0.717) is 0 Å². The van der Waals surface area contributed by atoms with Crippen LogP contribution >= 0.6 is 0 Å². The molecule has 0 saturated carbocycles. The second-order valence-corrected chi connectivity index (χ2v) is 5.42. The summed E-state index contributed by atoms with van der Waals surface area (Å²) in [5.41, 5.74) is 4.71. The molecule has 0 N–H and O–H groups in total. The first-order chi connectivity index (χ1) is 11.4. The molecule has 0 unspecified atom stereocenters. The quantitative estimate of drug-likeness (QED) is 0.644. The fourth-order valence-electron chi connectivity index (χ4n) is 2.67. The summed E-state index contributed by atoms with van der Waals surface area (Å²) in [5, 5.41) is 0. The number of benzene rings is 2. The summed E-state index contributed by atoms with van der Waals surface area (Å²) < 4.78 is 0. The van der Waals surface area contributed by atoms with Gasteiger partial charge in [0.1, 0.15) is 0 Å². The molecule has 0 spiro atoms. The fraction of sp³-hybridized carbons (Fsp3) is 0.0909. The van der Waals surface area contributed by atoms with Gasteiger partial charge in [-0.3, -0.25) is 0 Å². The second-order valence-electron chi connectivity index (χ2n) is 5.42. The highest BCUT2D eigenvalue weighted by molar-refractivity contribution is 5.71. The second kappa shape index (κ2) is 7.46. The zero-order valence-electron chi connectivity index (χ0n) is 13.4. The average Bonchev–Trinajstić information content (AvgIpc) is 2.87. The highest BCUT2D eigenvalue weighted by atomic mass is 15.1. The summed E-state index contributed by atoms with van der Waals surface area (Å²) in [5.74, 6) is 0. The maximum absolute atomic E-state index is 2.28. The van der Waals surface area contributed by atoms with Crippen LogP contribution in [0.5, 0.6) is 0 Å². The van der Waals surface area contributed by atoms with E-state index in [9.17, 15) is 0 Å². The number of hydrogen-bond donors (Lipinski definition) is 0. The van der Waals surface area contributed by atoms with Crippen LogP contribution in [0.2, 0.25) is 0 Å². The lowest BCUT2D eigenvalue weighted by Gasteiger charge is -2.26. The molecule has 0 saturated heterocycles. The first-order valence-corrected chi connectivity index (χ1v) is 8.00. The summed E-state index contributed by atoms with van der Waals surface area (Å²) in [7, 11) is 0. The first-order valence-electron chi connectivity index (χ1n) is 8.00. The van der Waals surface area contributed by atoms with Crippen molar-refractivity contribution in [2.24, 2.45) is 0 Å². The standard InChI is InChI=1S/C22H21N/c1-2-10-19-15-17-22(18-16-19)23(21-13-8-5-9-14-21)20-11-6-3-4-7-12-20/h2-3,5-18H,4H2,1H3/b10-2+. The Bertz CT molecular complexity index is 746. The highest BCUT2D eigenvalue weighted by Gasteiger charge is 2.12. The third-order valence-electron chi connectivity index (χ3n) is 3.75. The average molecular weight is 299 g/mol. The fourth-order valence-corrected chi connectivity index (χ4v) is 2.67. The van der Waals surface area contributed by atoms with Crippen LogP contribution in [0.15, 0.2) is 96.8 Å². The molecule has 1 nitrogen and oxygen atoms in total. The van der Waals surface area contributed by atoms with Gasteiger partial charge < -0.3 is 4.90 Å². The minimum Gasteiger partial charge on any atom is -0.311 e. The molecule has 0 heterocycles. The number of nitrogens with zero attached hydrogens (tertiary/aromatic N) is 1. The van der Waals surface area contributed by atoms with E-state index < -0.39 is 0 Å². The third-order valence-corrected chi connectivity index (χ3v) is 3.75. The van der Waals surface area contributed by atoms with E-state index >= 15 is 0 Å². The van der Waals surface area contributed by atoms with Crippen LogP contribution in [0.25, 0.3) is 6.08 Å². The Hall–Kier alpha value is -2.80. The van der Waals surface area contributed by atoms with Gasteiger partial charge in [-0.25, -0.2) is 0 Å². The lowest BCUT2D eigenvalue weighted by atomic mass is 10.1. The number of hydrogen-bond acceptors (Lipinski definition) is 1. The van der Waals surface area contributed by atoms with Crippen LogP contribution in [0.3, 0.4) is 0 Å². The Morgan fingerprint density at radius 1 is 0.870 bits per heavy atom. The first kappa shape index (κ1) is 15.1. The maximum atomic E-state index is 2.28. The van der Waals surface area contributed by atoms with Crippen molar-refractivity contribution < 1.29 is 0 Å². The van der Waals surface area contributed by atoms with Crippen molar-refractivity contribution >= 4 is 17.5 Å². The molecular formula is C22H21N. The molecule has 114 valence electrons. The van der Waals surface area contributed by atoms with Crippen LogP contribution in [-0.4, -0.2) is 0 Å². The van der Waals surface area contributed by atoms with E-state index in [1.165, 1.54) is 11.3 Å². The van der Waals surface area contributed by atoms with Crippen molar-refractivity contribution in [2.75, 3.05) is 4.90 Å². The van der Waals surface area contributed by atoms with Crippen molar-refractivity contribution in [3.8, 4) is 0 Å². The van der Waals surface area contributed by atoms with Gasteiger partial charge in [0, 0.05) is 17.1 Å².